The molecule has 0 bridgehead atoms. The summed E-state index contributed by atoms with van der Waals surface area (Å²) in [6.45, 7) is 4.36. The zero-order valence-electron chi connectivity index (χ0n) is 10.9. The number of hydrogen-bond acceptors (Lipinski definition) is 3. The molecule has 1 fully saturated rings. The summed E-state index contributed by atoms with van der Waals surface area (Å²) in [6, 6.07) is 3.60. The summed E-state index contributed by atoms with van der Waals surface area (Å²) >= 11 is 13.8. The van der Waals surface area contributed by atoms with Crippen LogP contribution in [-0.2, 0) is 0 Å². The molecule has 0 aromatic heterocycles. The van der Waals surface area contributed by atoms with E-state index in [1.165, 1.54) is 11.8 Å². The Hall–Kier alpha value is -0.420. The van der Waals surface area contributed by atoms with Crippen molar-refractivity contribution in [2.24, 2.45) is 0 Å². The SMILES string of the molecule is CSc1cc(C(=O)N2CCNCC2C)c(Cl)cc1Cl. The molecule has 1 aliphatic heterocycles. The van der Waals surface area contributed by atoms with Gasteiger partial charge in [0.15, 0.2) is 0 Å². The zero-order chi connectivity index (χ0) is 14.0. The summed E-state index contributed by atoms with van der Waals surface area (Å²) in [7, 11) is 0. The Morgan fingerprint density at radius 2 is 2.16 bits per heavy atom. The van der Waals surface area contributed by atoms with E-state index in [0.29, 0.717) is 22.2 Å². The van der Waals surface area contributed by atoms with Gasteiger partial charge in [0, 0.05) is 30.6 Å². The Morgan fingerprint density at radius 1 is 1.42 bits per heavy atom. The van der Waals surface area contributed by atoms with Crippen molar-refractivity contribution in [2.45, 2.75) is 17.9 Å². The van der Waals surface area contributed by atoms with Gasteiger partial charge in [-0.05, 0) is 25.3 Å². The Kier molecular flexibility index (Phi) is 5.01. The molecule has 19 heavy (non-hydrogen) atoms. The molecule has 1 atom stereocenters. The van der Waals surface area contributed by atoms with Gasteiger partial charge in [0.2, 0.25) is 0 Å². The van der Waals surface area contributed by atoms with Crippen LogP contribution in [-0.4, -0.2) is 42.7 Å². The first-order valence-corrected chi connectivity index (χ1v) is 8.07. The van der Waals surface area contributed by atoms with E-state index in [0.717, 1.165) is 18.0 Å². The summed E-state index contributed by atoms with van der Waals surface area (Å²) in [5.74, 6) is -0.0223. The van der Waals surface area contributed by atoms with Gasteiger partial charge in [-0.2, -0.15) is 0 Å². The number of carbonyl (C=O) groups is 1. The normalized spacial score (nSPS) is 19.6. The maximum absolute atomic E-state index is 12.6. The van der Waals surface area contributed by atoms with Gasteiger partial charge in [0.25, 0.3) is 5.91 Å². The fraction of sp³-hybridized carbons (Fsp3) is 0.462. The number of amides is 1. The molecular formula is C13H16Cl2N2OS. The minimum Gasteiger partial charge on any atom is -0.333 e. The molecule has 6 heteroatoms. The predicted molar refractivity (Wildman–Crippen MR) is 81.6 cm³/mol. The van der Waals surface area contributed by atoms with E-state index in [1.54, 1.807) is 12.1 Å². The lowest BCUT2D eigenvalue weighted by molar-refractivity contribution is 0.0655. The van der Waals surface area contributed by atoms with Gasteiger partial charge in [0.1, 0.15) is 0 Å². The highest BCUT2D eigenvalue weighted by Crippen LogP contribution is 2.32. The van der Waals surface area contributed by atoms with Crippen LogP contribution in [0.25, 0.3) is 0 Å². The molecule has 1 heterocycles. The fourth-order valence-electron chi connectivity index (χ4n) is 2.15. The number of nitrogens with one attached hydrogen (secondary N) is 1. The molecule has 104 valence electrons. The van der Waals surface area contributed by atoms with E-state index >= 15 is 0 Å². The van der Waals surface area contributed by atoms with Crippen molar-refractivity contribution in [3.05, 3.63) is 27.7 Å². The molecule has 0 saturated carbocycles. The van der Waals surface area contributed by atoms with Gasteiger partial charge in [-0.1, -0.05) is 23.2 Å². The highest BCUT2D eigenvalue weighted by atomic mass is 35.5. The minimum absolute atomic E-state index is 0.0223. The first-order valence-electron chi connectivity index (χ1n) is 6.09. The van der Waals surface area contributed by atoms with Crippen molar-refractivity contribution in [1.82, 2.24) is 10.2 Å². The third kappa shape index (κ3) is 3.19. The maximum atomic E-state index is 12.6. The first-order chi connectivity index (χ1) is 9.04. The van der Waals surface area contributed by atoms with Gasteiger partial charge >= 0.3 is 0 Å². The minimum atomic E-state index is -0.0223. The molecule has 1 saturated heterocycles. The van der Waals surface area contributed by atoms with Crippen LogP contribution in [0.5, 0.6) is 0 Å². The monoisotopic (exact) mass is 318 g/mol. The zero-order valence-corrected chi connectivity index (χ0v) is 13.2. The molecule has 2 rings (SSSR count). The summed E-state index contributed by atoms with van der Waals surface area (Å²) in [6.07, 6.45) is 1.93. The van der Waals surface area contributed by atoms with Crippen LogP contribution < -0.4 is 5.32 Å². The molecule has 3 nitrogen and oxygen atoms in total. The van der Waals surface area contributed by atoms with Crippen LogP contribution in [0.4, 0.5) is 0 Å². The smallest absolute Gasteiger partial charge is 0.255 e. The third-order valence-electron chi connectivity index (χ3n) is 3.23. The largest absolute Gasteiger partial charge is 0.333 e. The van der Waals surface area contributed by atoms with E-state index in [9.17, 15) is 4.79 Å². The van der Waals surface area contributed by atoms with E-state index < -0.39 is 0 Å². The molecule has 0 radical (unpaired) electrons. The first kappa shape index (κ1) is 15.0. The van der Waals surface area contributed by atoms with Crippen LogP contribution in [0, 0.1) is 0 Å². The van der Waals surface area contributed by atoms with E-state index in [-0.39, 0.29) is 11.9 Å². The number of benzene rings is 1. The number of halogens is 2. The molecular weight excluding hydrogens is 303 g/mol. The average molecular weight is 319 g/mol. The molecule has 1 amide bonds. The lowest BCUT2D eigenvalue weighted by Crippen LogP contribution is -2.52. The number of thioether (sulfide) groups is 1. The molecule has 0 spiro atoms. The van der Waals surface area contributed by atoms with Crippen LogP contribution in [0.15, 0.2) is 17.0 Å². The summed E-state index contributed by atoms with van der Waals surface area (Å²) in [5, 5.41) is 4.27. The molecule has 1 aliphatic rings. The van der Waals surface area contributed by atoms with Crippen molar-refractivity contribution in [2.75, 3.05) is 25.9 Å². The molecule has 1 unspecified atom stereocenters. The van der Waals surface area contributed by atoms with Gasteiger partial charge in [-0.25, -0.2) is 0 Å². The van der Waals surface area contributed by atoms with Crippen LogP contribution in [0.1, 0.15) is 17.3 Å². The second-order valence-electron chi connectivity index (χ2n) is 4.52. The molecule has 1 aromatic carbocycles. The van der Waals surface area contributed by atoms with Gasteiger partial charge in [-0.15, -0.1) is 11.8 Å². The highest BCUT2D eigenvalue weighted by Gasteiger charge is 2.26. The Balaban J connectivity index is 2.32. The van der Waals surface area contributed by atoms with E-state index in [2.05, 4.69) is 5.32 Å². The predicted octanol–water partition coefficient (Wildman–Crippen LogP) is 3.15. The summed E-state index contributed by atoms with van der Waals surface area (Å²) in [4.78, 5) is 15.3. The molecule has 1 N–H and O–H groups in total. The second kappa shape index (κ2) is 6.35. The average Bonchev–Trinajstić information content (AvgIpc) is 2.39. The van der Waals surface area contributed by atoms with Crippen LogP contribution in [0.2, 0.25) is 10.0 Å². The molecule has 0 aliphatic carbocycles. The van der Waals surface area contributed by atoms with Crippen LogP contribution in [0.3, 0.4) is 0 Å². The van der Waals surface area contributed by atoms with E-state index in [4.69, 9.17) is 23.2 Å². The van der Waals surface area contributed by atoms with Gasteiger partial charge < -0.3 is 10.2 Å². The van der Waals surface area contributed by atoms with Crippen molar-refractivity contribution >= 4 is 40.9 Å². The van der Waals surface area contributed by atoms with Crippen molar-refractivity contribution in [3.8, 4) is 0 Å². The highest BCUT2D eigenvalue weighted by molar-refractivity contribution is 7.98. The summed E-state index contributed by atoms with van der Waals surface area (Å²) < 4.78 is 0. The topological polar surface area (TPSA) is 32.3 Å². The second-order valence-corrected chi connectivity index (χ2v) is 6.18. The third-order valence-corrected chi connectivity index (χ3v) is 4.75. The summed E-state index contributed by atoms with van der Waals surface area (Å²) in [5.41, 5.74) is 0.532. The standard InChI is InChI=1S/C13H16Cl2N2OS/c1-8-7-16-3-4-17(8)13(18)9-5-12(19-2)11(15)6-10(9)14/h5-6,8,16H,3-4,7H2,1-2H3. The van der Waals surface area contributed by atoms with Gasteiger partial charge in [-0.3, -0.25) is 4.79 Å². The Labute approximate surface area is 127 Å². The number of carbonyl (C=O) groups excluding carboxylic acids is 1. The number of piperazine rings is 1. The Bertz CT molecular complexity index is 496. The number of hydrogen-bond donors (Lipinski definition) is 1. The van der Waals surface area contributed by atoms with E-state index in [1.807, 2.05) is 18.1 Å². The maximum Gasteiger partial charge on any atom is 0.255 e. The molecule has 1 aromatic rings. The number of nitrogens with zero attached hydrogens (tertiary/aromatic N) is 1. The number of rotatable bonds is 2. The van der Waals surface area contributed by atoms with Crippen molar-refractivity contribution in [1.29, 1.82) is 0 Å². The van der Waals surface area contributed by atoms with Crippen molar-refractivity contribution in [3.63, 3.8) is 0 Å². The lowest BCUT2D eigenvalue weighted by atomic mass is 10.1. The van der Waals surface area contributed by atoms with Crippen molar-refractivity contribution < 1.29 is 4.79 Å². The lowest BCUT2D eigenvalue weighted by Gasteiger charge is -2.34. The Morgan fingerprint density at radius 3 is 2.79 bits per heavy atom. The van der Waals surface area contributed by atoms with Crippen LogP contribution >= 0.6 is 35.0 Å². The quantitative estimate of drug-likeness (QED) is 0.850. The van der Waals surface area contributed by atoms with Gasteiger partial charge in [0.05, 0.1) is 15.6 Å². The fourth-order valence-corrected chi connectivity index (χ4v) is 3.33.